The van der Waals surface area contributed by atoms with E-state index in [-0.39, 0.29) is 11.8 Å². The maximum absolute atomic E-state index is 13.3. The Balaban J connectivity index is 0.00000137. The molecule has 0 radical (unpaired) electrons. The van der Waals surface area contributed by atoms with Gasteiger partial charge in [0.05, 0.1) is 11.4 Å². The topological polar surface area (TPSA) is 105 Å². The molecule has 188 valence electrons. The van der Waals surface area contributed by atoms with Crippen molar-refractivity contribution in [2.24, 2.45) is 28.5 Å². The number of benzodiazepines with no additional fused rings is 1. The highest BCUT2D eigenvalue weighted by molar-refractivity contribution is 6.20. The number of carbonyl (C=O) groups excluding carboxylic acids is 3. The van der Waals surface area contributed by atoms with Crippen LogP contribution in [-0.2, 0) is 14.4 Å². The maximum atomic E-state index is 13.3. The predicted molar refractivity (Wildman–Crippen MR) is 141 cm³/mol. The number of para-hydroxylation sites is 1. The van der Waals surface area contributed by atoms with Crippen molar-refractivity contribution < 1.29 is 14.4 Å². The summed E-state index contributed by atoms with van der Waals surface area (Å²) in [6.45, 7) is 9.84. The van der Waals surface area contributed by atoms with Gasteiger partial charge in [0, 0.05) is 30.0 Å². The van der Waals surface area contributed by atoms with E-state index in [1.807, 2.05) is 68.4 Å². The zero-order valence-corrected chi connectivity index (χ0v) is 21.6. The largest absolute Gasteiger partial charge is 0.369 e. The van der Waals surface area contributed by atoms with Crippen LogP contribution in [0.1, 0.15) is 58.6 Å². The number of nitrogens with one attached hydrogen (secondary N) is 1. The molecule has 1 heterocycles. The number of rotatable bonds is 7. The average molecular weight is 479 g/mol. The monoisotopic (exact) mass is 478 g/mol. The van der Waals surface area contributed by atoms with Crippen molar-refractivity contribution in [3.05, 3.63) is 65.7 Å². The molecule has 2 aromatic carbocycles. The number of amides is 3. The van der Waals surface area contributed by atoms with Crippen molar-refractivity contribution in [3.63, 3.8) is 0 Å². The first-order valence-corrected chi connectivity index (χ1v) is 12.2. The first-order valence-electron chi connectivity index (χ1n) is 12.2. The van der Waals surface area contributed by atoms with Crippen LogP contribution in [0.2, 0.25) is 0 Å². The second kappa shape index (κ2) is 12.8. The minimum Gasteiger partial charge on any atom is -0.369 e. The quantitative estimate of drug-likeness (QED) is 0.625. The normalized spacial score (nSPS) is 16.8. The van der Waals surface area contributed by atoms with E-state index in [9.17, 15) is 14.4 Å². The van der Waals surface area contributed by atoms with Crippen LogP contribution in [0.5, 0.6) is 0 Å². The third-order valence-corrected chi connectivity index (χ3v) is 5.78. The molecular weight excluding hydrogens is 440 g/mol. The smallest absolute Gasteiger partial charge is 0.272 e. The van der Waals surface area contributed by atoms with Gasteiger partial charge in [0.2, 0.25) is 18.0 Å². The minimum absolute atomic E-state index is 0.174. The van der Waals surface area contributed by atoms with E-state index in [1.165, 1.54) is 11.3 Å². The molecule has 1 aliphatic rings. The molecule has 7 heteroatoms. The fraction of sp³-hybridized carbons (Fsp3) is 0.429. The lowest BCUT2D eigenvalue weighted by Crippen LogP contribution is -2.49. The Morgan fingerprint density at radius 2 is 1.60 bits per heavy atom. The molecule has 35 heavy (non-hydrogen) atoms. The zero-order valence-electron chi connectivity index (χ0n) is 21.6. The van der Waals surface area contributed by atoms with E-state index >= 15 is 0 Å². The SMILES string of the molecule is CC(C)C[C@@H](C(=O)N[C@H]1N=C(c2ccccc2)c2ccccc2N(C)C1=O)[C@H](C)C(N)=O.CCC. The molecule has 0 aliphatic carbocycles. The van der Waals surface area contributed by atoms with E-state index in [4.69, 9.17) is 10.7 Å². The molecule has 3 N–H and O–H groups in total. The third kappa shape index (κ3) is 7.01. The summed E-state index contributed by atoms with van der Waals surface area (Å²) in [5.74, 6) is -2.44. The molecule has 0 fully saturated rings. The number of primary amides is 1. The fourth-order valence-electron chi connectivity index (χ4n) is 3.93. The number of carbonyl (C=O) groups is 3. The Morgan fingerprint density at radius 1 is 1.03 bits per heavy atom. The van der Waals surface area contributed by atoms with Gasteiger partial charge < -0.3 is 16.0 Å². The molecule has 2 aromatic rings. The van der Waals surface area contributed by atoms with Crippen molar-refractivity contribution >= 4 is 29.1 Å². The summed E-state index contributed by atoms with van der Waals surface area (Å²) < 4.78 is 0. The van der Waals surface area contributed by atoms with Crippen LogP contribution in [0.3, 0.4) is 0 Å². The Bertz CT molecular complexity index is 1050. The Kier molecular flexibility index (Phi) is 10.2. The summed E-state index contributed by atoms with van der Waals surface area (Å²) in [6, 6.07) is 17.1. The second-order valence-electron chi connectivity index (χ2n) is 9.30. The number of anilines is 1. The molecule has 0 unspecified atom stereocenters. The van der Waals surface area contributed by atoms with Crippen LogP contribution < -0.4 is 16.0 Å². The van der Waals surface area contributed by atoms with E-state index in [0.29, 0.717) is 17.8 Å². The number of hydrogen-bond acceptors (Lipinski definition) is 4. The number of hydrogen-bond donors (Lipinski definition) is 2. The number of nitrogens with zero attached hydrogens (tertiary/aromatic N) is 2. The molecule has 3 rings (SSSR count). The maximum Gasteiger partial charge on any atom is 0.272 e. The lowest BCUT2D eigenvalue weighted by Gasteiger charge is -2.25. The Labute approximate surface area is 208 Å². The highest BCUT2D eigenvalue weighted by Gasteiger charge is 2.35. The van der Waals surface area contributed by atoms with Gasteiger partial charge in [0.25, 0.3) is 5.91 Å². The summed E-state index contributed by atoms with van der Waals surface area (Å²) in [5, 5.41) is 2.79. The van der Waals surface area contributed by atoms with Gasteiger partial charge in [-0.25, -0.2) is 4.99 Å². The molecule has 3 amide bonds. The average Bonchev–Trinajstić information content (AvgIpc) is 2.93. The van der Waals surface area contributed by atoms with Gasteiger partial charge in [-0.1, -0.05) is 89.6 Å². The third-order valence-electron chi connectivity index (χ3n) is 5.78. The fourth-order valence-corrected chi connectivity index (χ4v) is 3.93. The second-order valence-corrected chi connectivity index (χ2v) is 9.30. The molecule has 1 aliphatic heterocycles. The first-order chi connectivity index (χ1) is 16.6. The highest BCUT2D eigenvalue weighted by atomic mass is 16.2. The lowest BCUT2D eigenvalue weighted by atomic mass is 9.85. The summed E-state index contributed by atoms with van der Waals surface area (Å²) in [5.41, 5.74) is 8.46. The van der Waals surface area contributed by atoms with Gasteiger partial charge in [-0.2, -0.15) is 0 Å². The molecule has 0 saturated heterocycles. The molecule has 3 atom stereocenters. The van der Waals surface area contributed by atoms with Crippen molar-refractivity contribution in [2.75, 3.05) is 11.9 Å². The molecular formula is C28H38N4O3. The van der Waals surface area contributed by atoms with E-state index in [1.54, 1.807) is 14.0 Å². The van der Waals surface area contributed by atoms with Crippen LogP contribution in [0.25, 0.3) is 0 Å². The molecule has 7 nitrogen and oxygen atoms in total. The van der Waals surface area contributed by atoms with E-state index in [2.05, 4.69) is 19.2 Å². The van der Waals surface area contributed by atoms with Gasteiger partial charge in [0.15, 0.2) is 0 Å². The van der Waals surface area contributed by atoms with Crippen LogP contribution in [0.15, 0.2) is 59.6 Å². The highest BCUT2D eigenvalue weighted by Crippen LogP contribution is 2.28. The van der Waals surface area contributed by atoms with Crippen LogP contribution in [0, 0.1) is 17.8 Å². The standard InChI is InChI=1S/C25H30N4O3.C3H8/c1-15(2)14-19(16(3)22(26)30)24(31)28-23-25(32)29(4)20-13-9-8-12-18(20)21(27-23)17-10-6-5-7-11-17;1-3-2/h5-13,15-16,19,23H,14H2,1-4H3,(H2,26,30)(H,28,31);3H2,1-2H3/t16-,19+,23+;/m0./s1. The van der Waals surface area contributed by atoms with Crippen molar-refractivity contribution in [2.45, 2.75) is 53.6 Å². The van der Waals surface area contributed by atoms with Crippen molar-refractivity contribution in [1.29, 1.82) is 0 Å². The molecule has 0 bridgehead atoms. The van der Waals surface area contributed by atoms with Crippen LogP contribution in [-0.4, -0.2) is 36.6 Å². The summed E-state index contributed by atoms with van der Waals surface area (Å²) in [6.07, 6.45) is 0.604. The molecule has 0 spiro atoms. The summed E-state index contributed by atoms with van der Waals surface area (Å²) in [4.78, 5) is 44.5. The number of aliphatic imine (C=N–C) groups is 1. The Morgan fingerprint density at radius 3 is 2.17 bits per heavy atom. The number of fused-ring (bicyclic) bond motifs is 1. The van der Waals surface area contributed by atoms with Crippen LogP contribution in [0.4, 0.5) is 5.69 Å². The van der Waals surface area contributed by atoms with E-state index in [0.717, 1.165) is 11.1 Å². The van der Waals surface area contributed by atoms with Gasteiger partial charge in [-0.05, 0) is 18.4 Å². The molecule has 0 aromatic heterocycles. The van der Waals surface area contributed by atoms with Gasteiger partial charge in [-0.15, -0.1) is 0 Å². The van der Waals surface area contributed by atoms with Gasteiger partial charge in [-0.3, -0.25) is 14.4 Å². The zero-order chi connectivity index (χ0) is 26.1. The van der Waals surface area contributed by atoms with E-state index < -0.39 is 29.8 Å². The van der Waals surface area contributed by atoms with Crippen molar-refractivity contribution in [3.8, 4) is 0 Å². The number of nitrogens with two attached hydrogens (primary N) is 1. The number of likely N-dealkylation sites (N-methyl/N-ethyl adjacent to an activating group) is 1. The lowest BCUT2D eigenvalue weighted by molar-refractivity contribution is -0.135. The van der Waals surface area contributed by atoms with Gasteiger partial charge >= 0.3 is 0 Å². The summed E-state index contributed by atoms with van der Waals surface area (Å²) >= 11 is 0. The summed E-state index contributed by atoms with van der Waals surface area (Å²) in [7, 11) is 1.67. The first kappa shape index (κ1) is 27.8. The molecule has 0 saturated carbocycles. The predicted octanol–water partition coefficient (Wildman–Crippen LogP) is 4.14. The van der Waals surface area contributed by atoms with Crippen LogP contribution >= 0.6 is 0 Å². The van der Waals surface area contributed by atoms with Gasteiger partial charge in [0.1, 0.15) is 0 Å². The number of benzene rings is 2. The van der Waals surface area contributed by atoms with Crippen molar-refractivity contribution in [1.82, 2.24) is 5.32 Å². The minimum atomic E-state index is -1.12. The Hall–Kier alpha value is -3.48.